The molecule has 0 aromatic carbocycles. The first kappa shape index (κ1) is 10.2. The van der Waals surface area contributed by atoms with Gasteiger partial charge < -0.3 is 10.2 Å². The Morgan fingerprint density at radius 2 is 1.93 bits per heavy atom. The summed E-state index contributed by atoms with van der Waals surface area (Å²) in [5.74, 6) is -2.59. The van der Waals surface area contributed by atoms with Crippen molar-refractivity contribution >= 4 is 11.9 Å². The minimum absolute atomic E-state index is 0.214. The Morgan fingerprint density at radius 3 is 2.29 bits per heavy atom. The van der Waals surface area contributed by atoms with E-state index >= 15 is 0 Å². The number of rotatable bonds is 5. The Morgan fingerprint density at radius 1 is 1.36 bits per heavy atom. The quantitative estimate of drug-likeness (QED) is 0.637. The predicted molar refractivity (Wildman–Crippen MR) is 45.8 cm³/mol. The number of aromatic amines is 1. The standard InChI is InChI=1S/C8H10N2O4/c11-7(12)3-5(4-8(13)14)6-1-2-9-10-6/h1-2,5H,3-4H2,(H,9,10)(H,11,12)(H,13,14). The molecule has 0 fully saturated rings. The van der Waals surface area contributed by atoms with Crippen LogP contribution in [0.15, 0.2) is 12.3 Å². The van der Waals surface area contributed by atoms with Crippen LogP contribution in [0.2, 0.25) is 0 Å². The number of hydrogen-bond donors (Lipinski definition) is 3. The van der Waals surface area contributed by atoms with Gasteiger partial charge in [0, 0.05) is 17.8 Å². The smallest absolute Gasteiger partial charge is 0.304 e. The summed E-state index contributed by atoms with van der Waals surface area (Å²) >= 11 is 0. The van der Waals surface area contributed by atoms with Gasteiger partial charge in [0.1, 0.15) is 0 Å². The molecule has 0 saturated heterocycles. The summed E-state index contributed by atoms with van der Waals surface area (Å²) in [6.07, 6.45) is 1.04. The maximum atomic E-state index is 10.5. The number of aromatic nitrogens is 2. The summed E-state index contributed by atoms with van der Waals surface area (Å²) in [6.45, 7) is 0. The number of aliphatic carboxylic acids is 2. The molecule has 1 aromatic heterocycles. The van der Waals surface area contributed by atoms with Crippen LogP contribution < -0.4 is 0 Å². The number of carboxylic acids is 2. The van der Waals surface area contributed by atoms with Crippen LogP contribution in [0.5, 0.6) is 0 Å². The lowest BCUT2D eigenvalue weighted by atomic mass is 9.98. The van der Waals surface area contributed by atoms with Crippen LogP contribution in [0.1, 0.15) is 24.5 Å². The lowest BCUT2D eigenvalue weighted by molar-refractivity contribution is -0.139. The normalized spacial score (nSPS) is 10.4. The largest absolute Gasteiger partial charge is 0.481 e. The summed E-state index contributed by atoms with van der Waals surface area (Å²) in [4.78, 5) is 20.9. The molecule has 0 spiro atoms. The lowest BCUT2D eigenvalue weighted by Crippen LogP contribution is -2.11. The number of carboxylic acid groups (broad SMARTS) is 2. The first-order chi connectivity index (χ1) is 6.59. The summed E-state index contributed by atoms with van der Waals surface area (Å²) in [6, 6.07) is 1.58. The molecule has 0 bridgehead atoms. The van der Waals surface area contributed by atoms with Gasteiger partial charge in [-0.05, 0) is 6.07 Å². The molecule has 0 unspecified atom stereocenters. The second-order valence-electron chi connectivity index (χ2n) is 2.90. The minimum atomic E-state index is -1.02. The molecule has 3 N–H and O–H groups in total. The molecular weight excluding hydrogens is 188 g/mol. The highest BCUT2D eigenvalue weighted by Gasteiger charge is 2.19. The van der Waals surface area contributed by atoms with E-state index in [4.69, 9.17) is 10.2 Å². The Labute approximate surface area is 79.6 Å². The third-order valence-electron chi connectivity index (χ3n) is 1.80. The zero-order valence-corrected chi connectivity index (χ0v) is 7.30. The third kappa shape index (κ3) is 2.89. The average Bonchev–Trinajstić information content (AvgIpc) is 2.52. The molecule has 6 heteroatoms. The minimum Gasteiger partial charge on any atom is -0.481 e. The zero-order chi connectivity index (χ0) is 10.6. The van der Waals surface area contributed by atoms with E-state index in [1.807, 2.05) is 0 Å². The van der Waals surface area contributed by atoms with Gasteiger partial charge in [-0.15, -0.1) is 0 Å². The highest BCUT2D eigenvalue weighted by atomic mass is 16.4. The molecule has 1 aromatic rings. The van der Waals surface area contributed by atoms with Gasteiger partial charge in [-0.25, -0.2) is 0 Å². The molecule has 0 atom stereocenters. The van der Waals surface area contributed by atoms with E-state index < -0.39 is 17.9 Å². The highest BCUT2D eigenvalue weighted by Crippen LogP contribution is 2.20. The Bertz CT molecular complexity index is 304. The fourth-order valence-electron chi connectivity index (χ4n) is 1.21. The van der Waals surface area contributed by atoms with E-state index in [0.29, 0.717) is 5.69 Å². The van der Waals surface area contributed by atoms with Gasteiger partial charge in [-0.2, -0.15) is 5.10 Å². The Hall–Kier alpha value is -1.85. The maximum Gasteiger partial charge on any atom is 0.304 e. The number of hydrogen-bond acceptors (Lipinski definition) is 3. The van der Waals surface area contributed by atoms with E-state index in [-0.39, 0.29) is 12.8 Å². The van der Waals surface area contributed by atoms with Crippen LogP contribution >= 0.6 is 0 Å². The lowest BCUT2D eigenvalue weighted by Gasteiger charge is -2.09. The van der Waals surface area contributed by atoms with Crippen LogP contribution in [0.25, 0.3) is 0 Å². The second kappa shape index (κ2) is 4.40. The van der Waals surface area contributed by atoms with Crippen molar-refractivity contribution in [2.75, 3.05) is 0 Å². The number of nitrogens with one attached hydrogen (secondary N) is 1. The fourth-order valence-corrected chi connectivity index (χ4v) is 1.21. The summed E-state index contributed by atoms with van der Waals surface area (Å²) in [5.41, 5.74) is 0.537. The van der Waals surface area contributed by atoms with Crippen molar-refractivity contribution in [2.45, 2.75) is 18.8 Å². The van der Waals surface area contributed by atoms with Gasteiger partial charge in [-0.3, -0.25) is 14.7 Å². The van der Waals surface area contributed by atoms with Crippen LogP contribution in [-0.2, 0) is 9.59 Å². The first-order valence-corrected chi connectivity index (χ1v) is 4.02. The van der Waals surface area contributed by atoms with Crippen molar-refractivity contribution < 1.29 is 19.8 Å². The van der Waals surface area contributed by atoms with E-state index in [1.54, 1.807) is 6.07 Å². The molecule has 0 amide bonds. The van der Waals surface area contributed by atoms with E-state index in [1.165, 1.54) is 6.20 Å². The summed E-state index contributed by atoms with van der Waals surface area (Å²) in [5, 5.41) is 23.4. The average molecular weight is 198 g/mol. The Balaban J connectivity index is 2.71. The van der Waals surface area contributed by atoms with Gasteiger partial charge in [0.2, 0.25) is 0 Å². The molecule has 0 saturated carbocycles. The molecule has 0 aliphatic heterocycles. The van der Waals surface area contributed by atoms with Gasteiger partial charge in [0.25, 0.3) is 0 Å². The second-order valence-corrected chi connectivity index (χ2v) is 2.90. The van der Waals surface area contributed by atoms with Gasteiger partial charge in [0.15, 0.2) is 0 Å². The number of nitrogens with zero attached hydrogens (tertiary/aromatic N) is 1. The molecule has 1 heterocycles. The highest BCUT2D eigenvalue weighted by molar-refractivity contribution is 5.72. The SMILES string of the molecule is O=C(O)CC(CC(=O)O)c1ccn[nH]1. The topological polar surface area (TPSA) is 103 Å². The molecule has 0 aliphatic carbocycles. The molecule has 76 valence electrons. The molecule has 0 aliphatic rings. The predicted octanol–water partition coefficient (Wildman–Crippen LogP) is 0.443. The van der Waals surface area contributed by atoms with Gasteiger partial charge in [-0.1, -0.05) is 0 Å². The number of H-pyrrole nitrogens is 1. The summed E-state index contributed by atoms with van der Waals surface area (Å²) < 4.78 is 0. The van der Waals surface area contributed by atoms with Crippen LogP contribution in [0, 0.1) is 0 Å². The van der Waals surface area contributed by atoms with Crippen molar-refractivity contribution in [1.82, 2.24) is 10.2 Å². The van der Waals surface area contributed by atoms with Crippen molar-refractivity contribution in [3.8, 4) is 0 Å². The van der Waals surface area contributed by atoms with E-state index in [2.05, 4.69) is 10.2 Å². The van der Waals surface area contributed by atoms with Crippen molar-refractivity contribution in [3.63, 3.8) is 0 Å². The van der Waals surface area contributed by atoms with E-state index in [0.717, 1.165) is 0 Å². The van der Waals surface area contributed by atoms with Crippen molar-refractivity contribution in [3.05, 3.63) is 18.0 Å². The van der Waals surface area contributed by atoms with Crippen molar-refractivity contribution in [1.29, 1.82) is 0 Å². The fraction of sp³-hybridized carbons (Fsp3) is 0.375. The number of carbonyl (C=O) groups is 2. The van der Waals surface area contributed by atoms with Crippen LogP contribution in [0.3, 0.4) is 0 Å². The van der Waals surface area contributed by atoms with Gasteiger partial charge >= 0.3 is 11.9 Å². The van der Waals surface area contributed by atoms with Crippen LogP contribution in [0.4, 0.5) is 0 Å². The Kier molecular flexibility index (Phi) is 3.22. The molecule has 0 radical (unpaired) electrons. The van der Waals surface area contributed by atoms with Crippen molar-refractivity contribution in [2.24, 2.45) is 0 Å². The zero-order valence-electron chi connectivity index (χ0n) is 7.30. The molecule has 6 nitrogen and oxygen atoms in total. The summed E-state index contributed by atoms with van der Waals surface area (Å²) in [7, 11) is 0. The van der Waals surface area contributed by atoms with E-state index in [9.17, 15) is 9.59 Å². The third-order valence-corrected chi connectivity index (χ3v) is 1.80. The van der Waals surface area contributed by atoms with Gasteiger partial charge in [0.05, 0.1) is 12.8 Å². The monoisotopic (exact) mass is 198 g/mol. The molecule has 14 heavy (non-hydrogen) atoms. The molecular formula is C8H10N2O4. The first-order valence-electron chi connectivity index (χ1n) is 4.02. The molecule has 1 rings (SSSR count). The maximum absolute atomic E-state index is 10.5. The van der Waals surface area contributed by atoms with Crippen LogP contribution in [-0.4, -0.2) is 32.3 Å².